The Balaban J connectivity index is 1.53. The van der Waals surface area contributed by atoms with E-state index in [1.54, 1.807) is 6.20 Å². The number of aromatic nitrogens is 1. The van der Waals surface area contributed by atoms with Crippen LogP contribution in [0, 0.1) is 0 Å². The van der Waals surface area contributed by atoms with Gasteiger partial charge in [-0.1, -0.05) is 72.0 Å². The number of rotatable bonds is 7. The van der Waals surface area contributed by atoms with Crippen molar-refractivity contribution in [2.75, 3.05) is 11.2 Å². The van der Waals surface area contributed by atoms with E-state index in [0.717, 1.165) is 21.7 Å². The number of amides is 1. The van der Waals surface area contributed by atoms with E-state index in [1.165, 1.54) is 28.0 Å². The van der Waals surface area contributed by atoms with Gasteiger partial charge in [0.1, 0.15) is 17.1 Å². The van der Waals surface area contributed by atoms with Gasteiger partial charge in [-0.05, 0) is 25.0 Å². The zero-order chi connectivity index (χ0) is 25.2. The number of nitrogens with two attached hydrogens (primary N) is 1. The van der Waals surface area contributed by atoms with Crippen LogP contribution in [0.3, 0.4) is 0 Å². The summed E-state index contributed by atoms with van der Waals surface area (Å²) in [5, 5.41) is 4.49. The number of esters is 1. The average molecular weight is 520 g/mol. The molecule has 3 N–H and O–H groups in total. The quantitative estimate of drug-likeness (QED) is 0.208. The van der Waals surface area contributed by atoms with E-state index in [-0.39, 0.29) is 17.0 Å². The second-order valence-corrected chi connectivity index (χ2v) is 10.7. The Morgan fingerprint density at radius 2 is 1.78 bits per heavy atom. The van der Waals surface area contributed by atoms with Gasteiger partial charge in [-0.15, -0.1) is 11.8 Å². The maximum atomic E-state index is 13.8. The van der Waals surface area contributed by atoms with Crippen LogP contribution >= 0.6 is 23.1 Å². The summed E-state index contributed by atoms with van der Waals surface area (Å²) in [6.07, 6.45) is 1.06. The van der Waals surface area contributed by atoms with Crippen LogP contribution in [0.4, 0.5) is 5.13 Å². The van der Waals surface area contributed by atoms with Crippen LogP contribution in [0.25, 0.3) is 5.57 Å². The van der Waals surface area contributed by atoms with E-state index in [2.05, 4.69) is 15.5 Å². The van der Waals surface area contributed by atoms with E-state index in [0.29, 0.717) is 16.5 Å². The molecule has 0 radical (unpaired) electrons. The predicted octanol–water partition coefficient (Wildman–Crippen LogP) is 4.24. The number of thioether (sulfide) groups is 1. The Morgan fingerprint density at radius 1 is 1.14 bits per heavy atom. The van der Waals surface area contributed by atoms with Gasteiger partial charge in [0, 0.05) is 23.2 Å². The van der Waals surface area contributed by atoms with Crippen LogP contribution in [0.1, 0.15) is 36.0 Å². The normalized spacial score (nSPS) is 19.0. The maximum Gasteiger partial charge on any atom is 0.356 e. The molecule has 3 aromatic rings. The first kappa shape index (κ1) is 24.2. The third kappa shape index (κ3) is 4.67. The third-order valence-electron chi connectivity index (χ3n) is 5.81. The molecule has 1 fully saturated rings. The minimum absolute atomic E-state index is 0.229. The van der Waals surface area contributed by atoms with Crippen LogP contribution in [0.2, 0.25) is 0 Å². The number of carbonyl (C=O) groups excluding carboxylic acids is 2. The van der Waals surface area contributed by atoms with E-state index in [9.17, 15) is 9.59 Å². The first-order chi connectivity index (χ1) is 17.4. The van der Waals surface area contributed by atoms with Gasteiger partial charge < -0.3 is 10.5 Å². The van der Waals surface area contributed by atoms with Gasteiger partial charge in [0.25, 0.3) is 0 Å². The Bertz CT molecular complexity index is 1300. The molecule has 2 atom stereocenters. The third-order valence-corrected chi connectivity index (χ3v) is 8.07. The van der Waals surface area contributed by atoms with Gasteiger partial charge in [0.2, 0.25) is 11.0 Å². The number of β-lactam (4-membered cyclic amide) rings is 1. The van der Waals surface area contributed by atoms with E-state index in [4.69, 9.17) is 10.5 Å². The molecule has 2 unspecified atom stereocenters. The monoisotopic (exact) mass is 519 g/mol. The van der Waals surface area contributed by atoms with Crippen molar-refractivity contribution < 1.29 is 14.3 Å². The van der Waals surface area contributed by atoms with Crippen LogP contribution in [0.15, 0.2) is 77.7 Å². The Kier molecular flexibility index (Phi) is 6.90. The number of thiazole rings is 1. The van der Waals surface area contributed by atoms with E-state index in [1.807, 2.05) is 74.5 Å². The van der Waals surface area contributed by atoms with Crippen molar-refractivity contribution in [2.45, 2.75) is 31.4 Å². The summed E-state index contributed by atoms with van der Waals surface area (Å²) in [5.74, 6) is -0.355. The topological polar surface area (TPSA) is 110 Å². The van der Waals surface area contributed by atoms with Crippen molar-refractivity contribution in [1.82, 2.24) is 9.88 Å². The summed E-state index contributed by atoms with van der Waals surface area (Å²) in [4.78, 5) is 33.3. The van der Waals surface area contributed by atoms with Gasteiger partial charge in [0.15, 0.2) is 6.10 Å². The molecule has 2 aliphatic heterocycles. The second kappa shape index (κ2) is 10.3. The molecule has 1 amide bonds. The summed E-state index contributed by atoms with van der Waals surface area (Å²) < 4.78 is 6.14. The van der Waals surface area contributed by atoms with Crippen molar-refractivity contribution in [2.24, 2.45) is 10.8 Å². The summed E-state index contributed by atoms with van der Waals surface area (Å²) >= 11 is 2.90. The standard InChI is InChI=1S/C26H25N5O3S2/c1-15(2)29-30-26-28-13-19(36-26)18-14-35-24-20(27)23(32)31(24)21(18)25(33)34-22(16-9-5-3-6-10-16)17-11-7-4-8-12-17/h3-13,20,22,24H,14,27H2,1-2H3,(H,28,30). The van der Waals surface area contributed by atoms with E-state index < -0.39 is 18.1 Å². The highest BCUT2D eigenvalue weighted by molar-refractivity contribution is 8.00. The summed E-state index contributed by atoms with van der Waals surface area (Å²) in [6.45, 7) is 3.76. The maximum absolute atomic E-state index is 13.8. The van der Waals surface area contributed by atoms with Crippen molar-refractivity contribution in [1.29, 1.82) is 0 Å². The minimum Gasteiger partial charge on any atom is -0.448 e. The zero-order valence-corrected chi connectivity index (χ0v) is 21.4. The number of anilines is 1. The number of hydrogen-bond donors (Lipinski definition) is 2. The van der Waals surface area contributed by atoms with Crippen LogP contribution in [0.5, 0.6) is 0 Å². The molecular weight excluding hydrogens is 494 g/mol. The fourth-order valence-electron chi connectivity index (χ4n) is 4.07. The molecule has 36 heavy (non-hydrogen) atoms. The van der Waals surface area contributed by atoms with Crippen LogP contribution in [-0.2, 0) is 14.3 Å². The molecule has 8 nitrogen and oxygen atoms in total. The molecule has 1 saturated heterocycles. The average Bonchev–Trinajstić information content (AvgIpc) is 3.39. The van der Waals surface area contributed by atoms with E-state index >= 15 is 0 Å². The van der Waals surface area contributed by atoms with Crippen molar-refractivity contribution >= 4 is 51.4 Å². The summed E-state index contributed by atoms with van der Waals surface area (Å²) in [6, 6.07) is 18.5. The second-order valence-electron chi connectivity index (χ2n) is 8.57. The zero-order valence-electron chi connectivity index (χ0n) is 19.8. The highest BCUT2D eigenvalue weighted by Crippen LogP contribution is 2.45. The lowest BCUT2D eigenvalue weighted by Gasteiger charge is -2.48. The van der Waals surface area contributed by atoms with Crippen LogP contribution in [-0.4, -0.2) is 44.6 Å². The number of ether oxygens (including phenoxy) is 1. The number of hydrogen-bond acceptors (Lipinski definition) is 9. The molecule has 3 heterocycles. The largest absolute Gasteiger partial charge is 0.448 e. The number of nitrogens with one attached hydrogen (secondary N) is 1. The summed E-state index contributed by atoms with van der Waals surface area (Å²) in [7, 11) is 0. The first-order valence-corrected chi connectivity index (χ1v) is 13.3. The fraction of sp³-hybridized carbons (Fsp3) is 0.231. The highest BCUT2D eigenvalue weighted by atomic mass is 32.2. The first-order valence-electron chi connectivity index (χ1n) is 11.4. The lowest BCUT2D eigenvalue weighted by atomic mass is 10.0. The molecule has 184 valence electrons. The van der Waals surface area contributed by atoms with Gasteiger partial charge in [-0.25, -0.2) is 9.78 Å². The Hall–Kier alpha value is -3.47. The van der Waals surface area contributed by atoms with Crippen LogP contribution < -0.4 is 11.2 Å². The van der Waals surface area contributed by atoms with Gasteiger partial charge in [-0.3, -0.25) is 15.1 Å². The highest BCUT2D eigenvalue weighted by Gasteiger charge is 2.52. The molecule has 0 saturated carbocycles. The van der Waals surface area contributed by atoms with Crippen molar-refractivity contribution in [3.05, 3.63) is 88.6 Å². The lowest BCUT2D eigenvalue weighted by Crippen LogP contribution is -2.68. The molecule has 5 rings (SSSR count). The Morgan fingerprint density at radius 3 is 2.39 bits per heavy atom. The van der Waals surface area contributed by atoms with Gasteiger partial charge >= 0.3 is 5.97 Å². The number of fused-ring (bicyclic) bond motifs is 1. The Labute approximate surface area is 217 Å². The number of carbonyl (C=O) groups is 2. The van der Waals surface area contributed by atoms with Gasteiger partial charge in [-0.2, -0.15) is 5.10 Å². The van der Waals surface area contributed by atoms with Gasteiger partial charge in [0.05, 0.1) is 4.88 Å². The predicted molar refractivity (Wildman–Crippen MR) is 143 cm³/mol. The molecule has 2 aromatic carbocycles. The molecule has 1 aromatic heterocycles. The summed E-state index contributed by atoms with van der Waals surface area (Å²) in [5.41, 5.74) is 12.4. The fourth-order valence-corrected chi connectivity index (χ4v) is 6.27. The molecule has 0 spiro atoms. The van der Waals surface area contributed by atoms with Crippen molar-refractivity contribution in [3.63, 3.8) is 0 Å². The molecule has 0 bridgehead atoms. The van der Waals surface area contributed by atoms with Crippen molar-refractivity contribution in [3.8, 4) is 0 Å². The molecule has 0 aliphatic carbocycles. The number of benzene rings is 2. The lowest BCUT2D eigenvalue weighted by molar-refractivity contribution is -0.152. The smallest absolute Gasteiger partial charge is 0.356 e. The molecule has 10 heteroatoms. The molecule has 2 aliphatic rings. The molecular formula is C26H25N5O3S2. The number of nitrogens with zero attached hydrogens (tertiary/aromatic N) is 3. The SMILES string of the molecule is CC(C)=NNc1ncc(C2=C(C(=O)OC(c3ccccc3)c3ccccc3)N3C(=O)C(N)C3SC2)s1. The number of hydrazone groups is 1. The minimum atomic E-state index is -0.640.